The van der Waals surface area contributed by atoms with Crippen LogP contribution in [-0.4, -0.2) is 19.2 Å². The van der Waals surface area contributed by atoms with Gasteiger partial charge in [-0.3, -0.25) is 0 Å². The Hall–Kier alpha value is -1.69. The molecule has 3 nitrogen and oxygen atoms in total. The molecule has 1 aliphatic rings. The van der Waals surface area contributed by atoms with E-state index in [1.54, 1.807) is 0 Å². The van der Waals surface area contributed by atoms with Gasteiger partial charge >= 0.3 is 5.97 Å². The van der Waals surface area contributed by atoms with Crippen LogP contribution in [0.15, 0.2) is 24.0 Å². The minimum atomic E-state index is -0.519. The standard InChI is InChI=1S/C13H15O3/c1-10(2)16-12-7-4-11(5-8-12)6-9-13(14)15-3/h4-5,7-8,10-11H,1-3H3. The zero-order valence-electron chi connectivity index (χ0n) is 9.69. The summed E-state index contributed by atoms with van der Waals surface area (Å²) in [6, 6.07) is 0. The molecule has 0 amide bonds. The lowest BCUT2D eigenvalue weighted by Gasteiger charge is -2.14. The highest BCUT2D eigenvalue weighted by atomic mass is 16.5. The van der Waals surface area contributed by atoms with Crippen molar-refractivity contribution in [3.8, 4) is 11.8 Å². The highest BCUT2D eigenvalue weighted by Gasteiger charge is 2.08. The van der Waals surface area contributed by atoms with Gasteiger partial charge in [0.1, 0.15) is 5.76 Å². The number of allylic oxidation sites excluding steroid dienone is 3. The van der Waals surface area contributed by atoms with Crippen molar-refractivity contribution in [2.75, 3.05) is 7.11 Å². The number of carbonyl (C=O) groups excluding carboxylic acids is 1. The van der Waals surface area contributed by atoms with Crippen molar-refractivity contribution in [3.05, 3.63) is 30.4 Å². The first-order valence-electron chi connectivity index (χ1n) is 5.11. The molecule has 3 heteroatoms. The highest BCUT2D eigenvalue weighted by Crippen LogP contribution is 2.16. The van der Waals surface area contributed by atoms with Gasteiger partial charge < -0.3 is 9.47 Å². The van der Waals surface area contributed by atoms with E-state index in [0.29, 0.717) is 0 Å². The first kappa shape index (κ1) is 12.4. The van der Waals surface area contributed by atoms with E-state index in [4.69, 9.17) is 4.74 Å². The van der Waals surface area contributed by atoms with Crippen LogP contribution >= 0.6 is 0 Å². The molecule has 0 fully saturated rings. The predicted octanol–water partition coefficient (Wildman–Crippen LogP) is 1.86. The lowest BCUT2D eigenvalue weighted by molar-refractivity contribution is -0.133. The van der Waals surface area contributed by atoms with Crippen molar-refractivity contribution in [3.63, 3.8) is 0 Å². The molecule has 16 heavy (non-hydrogen) atoms. The van der Waals surface area contributed by atoms with E-state index in [2.05, 4.69) is 16.6 Å². The van der Waals surface area contributed by atoms with E-state index in [1.165, 1.54) is 7.11 Å². The maximum atomic E-state index is 10.8. The Balaban J connectivity index is 2.48. The monoisotopic (exact) mass is 219 g/mol. The largest absolute Gasteiger partial charge is 0.491 e. The Kier molecular flexibility index (Phi) is 4.65. The van der Waals surface area contributed by atoms with Crippen LogP contribution in [0, 0.1) is 24.2 Å². The lowest BCUT2D eigenvalue weighted by atomic mass is 10.0. The normalized spacial score (nSPS) is 18.5. The van der Waals surface area contributed by atoms with Gasteiger partial charge in [0.2, 0.25) is 0 Å². The van der Waals surface area contributed by atoms with Crippen LogP contribution in [0.4, 0.5) is 0 Å². The van der Waals surface area contributed by atoms with Crippen LogP contribution < -0.4 is 0 Å². The van der Waals surface area contributed by atoms with Crippen LogP contribution in [0.25, 0.3) is 0 Å². The summed E-state index contributed by atoms with van der Waals surface area (Å²) < 4.78 is 9.91. The second-order valence-corrected chi connectivity index (χ2v) is 3.57. The fourth-order valence-corrected chi connectivity index (χ4v) is 1.16. The Morgan fingerprint density at radius 3 is 2.75 bits per heavy atom. The lowest BCUT2D eigenvalue weighted by Crippen LogP contribution is -2.06. The molecule has 0 N–H and O–H groups in total. The molecule has 85 valence electrons. The minimum Gasteiger partial charge on any atom is -0.491 e. The van der Waals surface area contributed by atoms with Gasteiger partial charge in [-0.15, -0.1) is 0 Å². The molecule has 0 spiro atoms. The summed E-state index contributed by atoms with van der Waals surface area (Å²) in [4.78, 5) is 10.8. The molecular formula is C13H15O3. The number of carbonyl (C=O) groups is 1. The average Bonchev–Trinajstić information content (AvgIpc) is 2.27. The summed E-state index contributed by atoms with van der Waals surface area (Å²) in [7, 11) is 1.31. The smallest absolute Gasteiger partial charge is 0.384 e. The van der Waals surface area contributed by atoms with Gasteiger partial charge in [-0.25, -0.2) is 4.79 Å². The second kappa shape index (κ2) is 6.02. The number of esters is 1. The zero-order chi connectivity index (χ0) is 12.0. The van der Waals surface area contributed by atoms with Crippen molar-refractivity contribution in [1.29, 1.82) is 0 Å². The van der Waals surface area contributed by atoms with Gasteiger partial charge in [0.05, 0.1) is 13.2 Å². The van der Waals surface area contributed by atoms with Gasteiger partial charge in [0.15, 0.2) is 0 Å². The van der Waals surface area contributed by atoms with E-state index in [-0.39, 0.29) is 12.0 Å². The van der Waals surface area contributed by atoms with Gasteiger partial charge in [-0.2, -0.15) is 0 Å². The number of rotatable bonds is 2. The third kappa shape index (κ3) is 4.22. The SMILES string of the molecule is COC(=O)C#CC1[CH]C=C(OC(C)C)C=C1. The molecule has 0 saturated heterocycles. The van der Waals surface area contributed by atoms with Crippen LogP contribution in [0.5, 0.6) is 0 Å². The summed E-state index contributed by atoms with van der Waals surface area (Å²) in [6.45, 7) is 3.94. The van der Waals surface area contributed by atoms with E-state index in [1.807, 2.05) is 38.5 Å². The molecule has 0 aromatic heterocycles. The molecule has 1 aliphatic carbocycles. The van der Waals surface area contributed by atoms with Crippen molar-refractivity contribution in [2.24, 2.45) is 5.92 Å². The Morgan fingerprint density at radius 2 is 2.25 bits per heavy atom. The number of methoxy groups -OCH3 is 1. The Morgan fingerprint density at radius 1 is 1.50 bits per heavy atom. The van der Waals surface area contributed by atoms with Crippen molar-refractivity contribution in [2.45, 2.75) is 20.0 Å². The quantitative estimate of drug-likeness (QED) is 0.404. The molecule has 0 bridgehead atoms. The van der Waals surface area contributed by atoms with E-state index in [0.717, 1.165) is 5.76 Å². The summed E-state index contributed by atoms with van der Waals surface area (Å²) in [5, 5.41) is 0. The first-order valence-corrected chi connectivity index (χ1v) is 5.11. The molecule has 0 aromatic rings. The van der Waals surface area contributed by atoms with Gasteiger partial charge in [-0.1, -0.05) is 12.0 Å². The highest BCUT2D eigenvalue weighted by molar-refractivity contribution is 5.88. The molecule has 1 radical (unpaired) electrons. The summed E-state index contributed by atoms with van der Waals surface area (Å²) >= 11 is 0. The molecule has 1 rings (SSSR count). The average molecular weight is 219 g/mol. The molecule has 1 atom stereocenters. The Labute approximate surface area is 96.1 Å². The summed E-state index contributed by atoms with van der Waals surface area (Å²) in [5.41, 5.74) is 0. The number of hydrogen-bond acceptors (Lipinski definition) is 3. The van der Waals surface area contributed by atoms with Crippen molar-refractivity contribution < 1.29 is 14.3 Å². The van der Waals surface area contributed by atoms with Crippen LogP contribution in [0.2, 0.25) is 0 Å². The third-order valence-electron chi connectivity index (χ3n) is 1.83. The second-order valence-electron chi connectivity index (χ2n) is 3.57. The fourth-order valence-electron chi connectivity index (χ4n) is 1.16. The molecule has 1 unspecified atom stereocenters. The Bertz CT molecular complexity index is 366. The van der Waals surface area contributed by atoms with E-state index >= 15 is 0 Å². The van der Waals surface area contributed by atoms with E-state index < -0.39 is 5.97 Å². The number of hydrogen-bond donors (Lipinski definition) is 0. The maximum absolute atomic E-state index is 10.8. The molecule has 0 heterocycles. The summed E-state index contributed by atoms with van der Waals surface area (Å²) in [5.74, 6) is 5.41. The number of ether oxygens (including phenoxy) is 2. The van der Waals surface area contributed by atoms with Crippen LogP contribution in [0.1, 0.15) is 13.8 Å². The molecule has 0 aliphatic heterocycles. The van der Waals surface area contributed by atoms with Crippen molar-refractivity contribution in [1.82, 2.24) is 0 Å². The maximum Gasteiger partial charge on any atom is 0.384 e. The summed E-state index contributed by atoms with van der Waals surface area (Å²) in [6.07, 6.45) is 7.64. The van der Waals surface area contributed by atoms with E-state index in [9.17, 15) is 4.79 Å². The van der Waals surface area contributed by atoms with Crippen LogP contribution in [-0.2, 0) is 14.3 Å². The predicted molar refractivity (Wildman–Crippen MR) is 61.0 cm³/mol. The van der Waals surface area contributed by atoms with Crippen LogP contribution in [0.3, 0.4) is 0 Å². The van der Waals surface area contributed by atoms with Gasteiger partial charge in [-0.05, 0) is 26.0 Å². The fraction of sp³-hybridized carbons (Fsp3) is 0.385. The zero-order valence-corrected chi connectivity index (χ0v) is 9.69. The van der Waals surface area contributed by atoms with Crippen molar-refractivity contribution >= 4 is 5.97 Å². The molecular weight excluding hydrogens is 204 g/mol. The first-order chi connectivity index (χ1) is 7.61. The molecule has 0 saturated carbocycles. The van der Waals surface area contributed by atoms with Gasteiger partial charge in [0.25, 0.3) is 0 Å². The molecule has 0 aromatic carbocycles. The third-order valence-corrected chi connectivity index (χ3v) is 1.83. The van der Waals surface area contributed by atoms with Gasteiger partial charge in [0, 0.05) is 18.3 Å². The topological polar surface area (TPSA) is 35.5 Å². The minimum absolute atomic E-state index is 0.0568.